The maximum absolute atomic E-state index is 14.5. The van der Waals surface area contributed by atoms with Crippen LogP contribution in [0.5, 0.6) is 0 Å². The highest BCUT2D eigenvalue weighted by Gasteiger charge is 2.95. The van der Waals surface area contributed by atoms with Crippen LogP contribution < -0.4 is 0 Å². The van der Waals surface area contributed by atoms with Gasteiger partial charge >= 0.3 is 47.6 Å². The van der Waals surface area contributed by atoms with E-state index in [1.807, 2.05) is 0 Å². The molecule has 0 saturated carbocycles. The van der Waals surface area contributed by atoms with Crippen LogP contribution in [0.2, 0.25) is 0 Å². The lowest BCUT2D eigenvalue weighted by Gasteiger charge is -2.43. The summed E-state index contributed by atoms with van der Waals surface area (Å²) in [5.74, 6) is -56.6. The predicted octanol–water partition coefficient (Wildman–Crippen LogP) is 9.07. The van der Waals surface area contributed by atoms with Crippen molar-refractivity contribution >= 4 is 0 Å². The Bertz CT molecular complexity index is 1000. The normalized spacial score (nSPS) is 16.4. The van der Waals surface area contributed by atoms with E-state index < -0.39 is 71.1 Å². The third-order valence-corrected chi connectivity index (χ3v) is 5.63. The van der Waals surface area contributed by atoms with Gasteiger partial charge in [0, 0.05) is 13.5 Å². The Hall–Kier alpha value is -2.01. The van der Waals surface area contributed by atoms with Crippen molar-refractivity contribution < 1.29 is 79.4 Å². The number of ether oxygens (including phenoxy) is 1. The summed E-state index contributed by atoms with van der Waals surface area (Å²) in [7, 11) is 0.568. The van der Waals surface area contributed by atoms with Gasteiger partial charge in [0.05, 0.1) is 6.10 Å². The third kappa shape index (κ3) is 5.25. The summed E-state index contributed by atoms with van der Waals surface area (Å²) in [5.41, 5.74) is -1.31. The summed E-state index contributed by atoms with van der Waals surface area (Å²) in [6, 6.07) is 4.64. The molecule has 0 radical (unpaired) electrons. The van der Waals surface area contributed by atoms with E-state index in [2.05, 4.69) is 4.74 Å². The van der Waals surface area contributed by atoms with Crippen molar-refractivity contribution in [1.82, 2.24) is 0 Å². The Labute approximate surface area is 209 Å². The lowest BCUT2D eigenvalue weighted by atomic mass is 9.80. The topological polar surface area (TPSA) is 9.23 Å². The van der Waals surface area contributed by atoms with Crippen LogP contribution in [0.4, 0.5) is 74.6 Å². The molecule has 1 atom stereocenters. The number of benzene rings is 1. The Morgan fingerprint density at radius 1 is 0.564 bits per heavy atom. The first-order valence-corrected chi connectivity index (χ1v) is 10.2. The van der Waals surface area contributed by atoms with E-state index in [9.17, 15) is 74.6 Å². The first-order valence-electron chi connectivity index (χ1n) is 10.2. The lowest BCUT2D eigenvalue weighted by molar-refractivity contribution is -0.462. The van der Waals surface area contributed by atoms with Gasteiger partial charge in [0.15, 0.2) is 0 Å². The van der Waals surface area contributed by atoms with Crippen molar-refractivity contribution in [3.05, 3.63) is 35.4 Å². The van der Waals surface area contributed by atoms with E-state index >= 15 is 0 Å². The predicted molar refractivity (Wildman–Crippen MR) is 100 cm³/mol. The molecule has 1 unspecified atom stereocenters. The molecule has 0 bridgehead atoms. The van der Waals surface area contributed by atoms with Crippen LogP contribution in [0.3, 0.4) is 0 Å². The van der Waals surface area contributed by atoms with Crippen molar-refractivity contribution in [2.75, 3.05) is 7.11 Å². The van der Waals surface area contributed by atoms with Gasteiger partial charge in [-0.15, -0.1) is 0 Å². The zero-order chi connectivity index (χ0) is 31.5. The van der Waals surface area contributed by atoms with Crippen LogP contribution in [-0.2, 0) is 10.2 Å². The van der Waals surface area contributed by atoms with Crippen LogP contribution in [0.1, 0.15) is 44.4 Å². The number of hydrogen-bond acceptors (Lipinski definition) is 1. The van der Waals surface area contributed by atoms with Crippen molar-refractivity contribution in [2.24, 2.45) is 0 Å². The molecule has 0 aliphatic heterocycles. The van der Waals surface area contributed by atoms with Crippen molar-refractivity contribution in [1.29, 1.82) is 0 Å². The Morgan fingerprint density at radius 3 is 1.28 bits per heavy atom. The molecule has 39 heavy (non-hydrogen) atoms. The second-order valence-electron chi connectivity index (χ2n) is 9.41. The number of rotatable bonds is 10. The molecule has 0 aliphatic rings. The summed E-state index contributed by atoms with van der Waals surface area (Å²) in [6.45, 7) is 4.37. The monoisotopic (exact) mass is 610 g/mol. The number of methoxy groups -OCH3 is 1. The summed E-state index contributed by atoms with van der Waals surface area (Å²) in [5, 5.41) is 0. The molecule has 0 amide bonds. The molecule has 0 aromatic heterocycles. The number of halogens is 17. The van der Waals surface area contributed by atoms with Gasteiger partial charge in [0.1, 0.15) is 0 Å². The molecule has 228 valence electrons. The highest BCUT2D eigenvalue weighted by Crippen LogP contribution is 2.64. The van der Waals surface area contributed by atoms with E-state index in [1.54, 1.807) is 0 Å². The highest BCUT2D eigenvalue weighted by molar-refractivity contribution is 5.35. The average Bonchev–Trinajstić information content (AvgIpc) is 2.75. The Kier molecular flexibility index (Phi) is 8.82. The zero-order valence-corrected chi connectivity index (χ0v) is 19.9. The van der Waals surface area contributed by atoms with Gasteiger partial charge in [0.25, 0.3) is 0 Å². The van der Waals surface area contributed by atoms with Crippen LogP contribution >= 0.6 is 0 Å². The molecule has 0 aliphatic carbocycles. The second kappa shape index (κ2) is 9.82. The SMILES string of the molecule is COC(CC(F)(F)C(F)(F)C(F)(F)C(F)(F)C(F)(F)C(F)(F)C(F)(F)C(F)(F)F)c1ccccc1C(C)(C)C. The molecule has 1 aromatic rings. The first-order chi connectivity index (χ1) is 16.9. The van der Waals surface area contributed by atoms with Gasteiger partial charge in [-0.2, -0.15) is 74.6 Å². The van der Waals surface area contributed by atoms with Crippen molar-refractivity contribution in [3.8, 4) is 0 Å². The molecule has 1 nitrogen and oxygen atoms in total. The Balaban J connectivity index is 3.67. The molecule has 18 heteroatoms. The fourth-order valence-corrected chi connectivity index (χ4v) is 3.34. The molecule has 1 rings (SSSR count). The van der Waals surface area contributed by atoms with Crippen LogP contribution in [0.15, 0.2) is 24.3 Å². The average molecular weight is 610 g/mol. The van der Waals surface area contributed by atoms with Crippen LogP contribution in [-0.4, -0.2) is 54.7 Å². The van der Waals surface area contributed by atoms with Gasteiger partial charge in [-0.1, -0.05) is 45.0 Å². The molecule has 0 spiro atoms. The van der Waals surface area contributed by atoms with E-state index in [4.69, 9.17) is 0 Å². The summed E-state index contributed by atoms with van der Waals surface area (Å²) >= 11 is 0. The van der Waals surface area contributed by atoms with E-state index in [0.717, 1.165) is 12.1 Å². The maximum Gasteiger partial charge on any atom is 0.460 e. The van der Waals surface area contributed by atoms with Gasteiger partial charge in [-0.25, -0.2) is 0 Å². The summed E-state index contributed by atoms with van der Waals surface area (Å²) in [4.78, 5) is 0. The van der Waals surface area contributed by atoms with Crippen molar-refractivity contribution in [3.63, 3.8) is 0 Å². The molecule has 0 N–H and O–H groups in total. The minimum atomic E-state index is -8.65. The molecular weight excluding hydrogens is 591 g/mol. The van der Waals surface area contributed by atoms with Crippen LogP contribution in [0, 0.1) is 0 Å². The Morgan fingerprint density at radius 2 is 0.923 bits per heavy atom. The standard InChI is InChI=1S/C21H19F17O/c1-13(2,3)11-8-6-5-7-10(11)12(39-4)9-14(22,23)15(24,25)16(26,27)17(28,29)18(30,31)19(32,33)20(34,35)21(36,37)38/h5-8,12H,9H2,1-4H3. The van der Waals surface area contributed by atoms with Gasteiger partial charge in [0.2, 0.25) is 0 Å². The minimum absolute atomic E-state index is 0.0635. The maximum atomic E-state index is 14.5. The van der Waals surface area contributed by atoms with E-state index in [1.165, 1.54) is 32.9 Å². The summed E-state index contributed by atoms with van der Waals surface area (Å²) < 4.78 is 234. The first kappa shape index (κ1) is 35.0. The number of hydrogen-bond donors (Lipinski definition) is 0. The minimum Gasteiger partial charge on any atom is -0.377 e. The van der Waals surface area contributed by atoms with Crippen molar-refractivity contribution in [2.45, 2.75) is 86.3 Å². The fourth-order valence-electron chi connectivity index (χ4n) is 3.34. The van der Waals surface area contributed by atoms with Gasteiger partial charge < -0.3 is 4.74 Å². The smallest absolute Gasteiger partial charge is 0.377 e. The largest absolute Gasteiger partial charge is 0.460 e. The summed E-state index contributed by atoms with van der Waals surface area (Å²) in [6.07, 6.45) is -12.8. The van der Waals surface area contributed by atoms with Gasteiger partial charge in [-0.05, 0) is 16.5 Å². The van der Waals surface area contributed by atoms with Crippen LogP contribution in [0.25, 0.3) is 0 Å². The molecule has 0 saturated heterocycles. The molecule has 0 heterocycles. The highest BCUT2D eigenvalue weighted by atomic mass is 19.4. The fraction of sp³-hybridized carbons (Fsp3) is 0.714. The quantitative estimate of drug-likeness (QED) is 0.240. The second-order valence-corrected chi connectivity index (χ2v) is 9.41. The molecule has 1 aromatic carbocycles. The lowest BCUT2D eigenvalue weighted by Crippen LogP contribution is -2.74. The molecule has 0 fully saturated rings. The third-order valence-electron chi connectivity index (χ3n) is 5.63. The van der Waals surface area contributed by atoms with Gasteiger partial charge in [-0.3, -0.25) is 0 Å². The number of alkyl halides is 17. The van der Waals surface area contributed by atoms with E-state index in [0.29, 0.717) is 7.11 Å². The molecular formula is C21H19F17O. The van der Waals surface area contributed by atoms with E-state index in [-0.39, 0.29) is 5.56 Å². The zero-order valence-electron chi connectivity index (χ0n) is 19.9.